The molecular weight excluding hydrogens is 286 g/mol. The van der Waals surface area contributed by atoms with Gasteiger partial charge in [0.1, 0.15) is 10.0 Å². The minimum Gasteiger partial charge on any atom is -0.466 e. The Balaban J connectivity index is 1.80. The maximum atomic E-state index is 12.5. The molecule has 0 N–H and O–H groups in total. The van der Waals surface area contributed by atoms with E-state index in [1.54, 1.807) is 11.3 Å². The van der Waals surface area contributed by atoms with Crippen molar-refractivity contribution >= 4 is 17.3 Å². The van der Waals surface area contributed by atoms with Gasteiger partial charge in [-0.3, -0.25) is 9.69 Å². The highest BCUT2D eigenvalue weighted by Crippen LogP contribution is 2.52. The number of carbonyl (C=O) groups is 1. The monoisotopic (exact) mass is 309 g/mol. The molecule has 21 heavy (non-hydrogen) atoms. The number of hydrogen-bond donors (Lipinski definition) is 0. The molecule has 3 rings (SSSR count). The average Bonchev–Trinajstić information content (AvgIpc) is 3.14. The van der Waals surface area contributed by atoms with Gasteiger partial charge in [0.25, 0.3) is 0 Å². The Morgan fingerprint density at radius 3 is 2.86 bits per heavy atom. The van der Waals surface area contributed by atoms with E-state index in [2.05, 4.69) is 22.0 Å². The molecule has 2 aliphatic heterocycles. The van der Waals surface area contributed by atoms with Gasteiger partial charge in [-0.15, -0.1) is 21.5 Å². The standard InChI is InChI=1S/C15H23N3O2S/c1-4-15(14(19)20-5-2)8-11-6-7-12(15)18(11)9-13-17-16-10(3)21-13/h11-12H,4-9H2,1-3H3/t11-,12+,15+/m1/s1. The number of aromatic nitrogens is 2. The summed E-state index contributed by atoms with van der Waals surface area (Å²) in [6, 6.07) is 0.791. The van der Waals surface area contributed by atoms with Gasteiger partial charge in [0.2, 0.25) is 0 Å². The number of esters is 1. The van der Waals surface area contributed by atoms with E-state index in [-0.39, 0.29) is 11.4 Å². The quantitative estimate of drug-likeness (QED) is 0.782. The van der Waals surface area contributed by atoms with Crippen LogP contribution in [-0.4, -0.2) is 39.8 Å². The van der Waals surface area contributed by atoms with Crippen LogP contribution in [0.3, 0.4) is 0 Å². The lowest BCUT2D eigenvalue weighted by molar-refractivity contribution is -0.157. The fraction of sp³-hybridized carbons (Fsp3) is 0.800. The van der Waals surface area contributed by atoms with E-state index in [0.717, 1.165) is 35.8 Å². The predicted octanol–water partition coefficient (Wildman–Crippen LogP) is 2.54. The third-order valence-electron chi connectivity index (χ3n) is 5.08. The first-order valence-corrected chi connectivity index (χ1v) is 8.64. The van der Waals surface area contributed by atoms with Crippen LogP contribution in [0.25, 0.3) is 0 Å². The van der Waals surface area contributed by atoms with Crippen molar-refractivity contribution in [3.8, 4) is 0 Å². The minimum absolute atomic E-state index is 0.00172. The summed E-state index contributed by atoms with van der Waals surface area (Å²) >= 11 is 1.65. The summed E-state index contributed by atoms with van der Waals surface area (Å²) in [5, 5.41) is 10.4. The number of aryl methyl sites for hydroxylation is 1. The normalized spacial score (nSPS) is 31.8. The number of ether oxygens (including phenoxy) is 1. The first kappa shape index (κ1) is 14.9. The molecule has 0 radical (unpaired) electrons. The zero-order valence-corrected chi connectivity index (χ0v) is 13.8. The highest BCUT2D eigenvalue weighted by molar-refractivity contribution is 7.11. The van der Waals surface area contributed by atoms with Crippen molar-refractivity contribution in [3.63, 3.8) is 0 Å². The Morgan fingerprint density at radius 1 is 1.43 bits per heavy atom. The Bertz CT molecular complexity index is 533. The van der Waals surface area contributed by atoms with E-state index in [9.17, 15) is 4.79 Å². The van der Waals surface area contributed by atoms with E-state index in [0.29, 0.717) is 18.7 Å². The van der Waals surface area contributed by atoms with E-state index < -0.39 is 0 Å². The maximum absolute atomic E-state index is 12.5. The number of nitrogens with zero attached hydrogens (tertiary/aromatic N) is 3. The molecule has 2 bridgehead atoms. The van der Waals surface area contributed by atoms with Gasteiger partial charge in [-0.1, -0.05) is 6.92 Å². The van der Waals surface area contributed by atoms with Crippen molar-refractivity contribution in [1.82, 2.24) is 15.1 Å². The van der Waals surface area contributed by atoms with E-state index in [1.165, 1.54) is 6.42 Å². The summed E-state index contributed by atoms with van der Waals surface area (Å²) in [7, 11) is 0. The number of hydrogen-bond acceptors (Lipinski definition) is 6. The van der Waals surface area contributed by atoms with Crippen LogP contribution in [0.5, 0.6) is 0 Å². The van der Waals surface area contributed by atoms with Crippen LogP contribution in [0.15, 0.2) is 0 Å². The van der Waals surface area contributed by atoms with Crippen molar-refractivity contribution in [2.24, 2.45) is 5.41 Å². The molecule has 6 heteroatoms. The van der Waals surface area contributed by atoms with Crippen molar-refractivity contribution < 1.29 is 9.53 Å². The zero-order valence-electron chi connectivity index (χ0n) is 13.0. The molecule has 0 aromatic carbocycles. The smallest absolute Gasteiger partial charge is 0.313 e. The van der Waals surface area contributed by atoms with Gasteiger partial charge in [0.05, 0.1) is 18.6 Å². The van der Waals surface area contributed by atoms with Gasteiger partial charge in [-0.2, -0.15) is 0 Å². The second-order valence-corrected chi connectivity index (χ2v) is 7.33. The second-order valence-electron chi connectivity index (χ2n) is 6.07. The van der Waals surface area contributed by atoms with Crippen molar-refractivity contribution in [1.29, 1.82) is 0 Å². The topological polar surface area (TPSA) is 55.3 Å². The SMILES string of the molecule is CCOC(=O)[C@@]1(CC)C[C@H]2CC[C@@H]1N2Cc1nnc(C)s1. The Hall–Kier alpha value is -1.01. The van der Waals surface area contributed by atoms with E-state index in [4.69, 9.17) is 4.74 Å². The van der Waals surface area contributed by atoms with Crippen LogP contribution < -0.4 is 0 Å². The molecule has 1 aromatic heterocycles. The van der Waals surface area contributed by atoms with Crippen LogP contribution in [-0.2, 0) is 16.1 Å². The van der Waals surface area contributed by atoms with Crippen LogP contribution in [0.1, 0.15) is 49.5 Å². The summed E-state index contributed by atoms with van der Waals surface area (Å²) < 4.78 is 5.38. The Kier molecular flexibility index (Phi) is 4.01. The first-order chi connectivity index (χ1) is 10.1. The third kappa shape index (κ3) is 2.38. The molecule has 0 aliphatic carbocycles. The zero-order chi connectivity index (χ0) is 15.0. The molecule has 1 aromatic rings. The number of fused-ring (bicyclic) bond motifs is 2. The highest BCUT2D eigenvalue weighted by Gasteiger charge is 2.59. The average molecular weight is 309 g/mol. The van der Waals surface area contributed by atoms with Crippen molar-refractivity contribution in [3.05, 3.63) is 10.0 Å². The number of rotatable bonds is 5. The highest BCUT2D eigenvalue weighted by atomic mass is 32.1. The minimum atomic E-state index is -0.307. The van der Waals surface area contributed by atoms with E-state index >= 15 is 0 Å². The van der Waals surface area contributed by atoms with E-state index in [1.807, 2.05) is 13.8 Å². The second kappa shape index (κ2) is 5.65. The van der Waals surface area contributed by atoms with Crippen molar-refractivity contribution in [2.75, 3.05) is 6.61 Å². The predicted molar refractivity (Wildman–Crippen MR) is 81.0 cm³/mol. The Morgan fingerprint density at radius 2 is 2.24 bits per heavy atom. The van der Waals surface area contributed by atoms with Crippen LogP contribution in [0.2, 0.25) is 0 Å². The molecule has 0 spiro atoms. The van der Waals surface area contributed by atoms with Crippen molar-refractivity contribution in [2.45, 2.75) is 65.1 Å². The van der Waals surface area contributed by atoms with Gasteiger partial charge in [0.15, 0.2) is 0 Å². The van der Waals surface area contributed by atoms with Gasteiger partial charge in [-0.05, 0) is 39.5 Å². The van der Waals surface area contributed by atoms with Gasteiger partial charge >= 0.3 is 5.97 Å². The van der Waals surface area contributed by atoms with Gasteiger partial charge in [0, 0.05) is 12.1 Å². The van der Waals surface area contributed by atoms with Crippen LogP contribution in [0.4, 0.5) is 0 Å². The molecule has 0 unspecified atom stereocenters. The first-order valence-electron chi connectivity index (χ1n) is 7.82. The lowest BCUT2D eigenvalue weighted by Gasteiger charge is -2.34. The van der Waals surface area contributed by atoms with Gasteiger partial charge < -0.3 is 4.74 Å². The molecule has 3 heterocycles. The summed E-state index contributed by atoms with van der Waals surface area (Å²) in [4.78, 5) is 15.0. The molecule has 0 saturated carbocycles. The van der Waals surface area contributed by atoms with Crippen LogP contribution in [0, 0.1) is 12.3 Å². The summed E-state index contributed by atoms with van der Waals surface area (Å²) in [5.41, 5.74) is -0.307. The lowest BCUT2D eigenvalue weighted by Crippen LogP contribution is -2.43. The largest absolute Gasteiger partial charge is 0.466 e. The summed E-state index contributed by atoms with van der Waals surface area (Å²) in [6.45, 7) is 7.27. The Labute approximate surface area is 129 Å². The molecule has 2 saturated heterocycles. The molecule has 2 aliphatic rings. The molecular formula is C15H23N3O2S. The number of carbonyl (C=O) groups excluding carboxylic acids is 1. The maximum Gasteiger partial charge on any atom is 0.313 e. The molecule has 3 atom stereocenters. The molecule has 0 amide bonds. The lowest BCUT2D eigenvalue weighted by atomic mass is 9.72. The van der Waals surface area contributed by atoms with Gasteiger partial charge in [-0.25, -0.2) is 0 Å². The molecule has 2 fully saturated rings. The fourth-order valence-electron chi connectivity index (χ4n) is 4.12. The summed E-state index contributed by atoms with van der Waals surface area (Å²) in [5.74, 6) is -0.00172. The third-order valence-corrected chi connectivity index (χ3v) is 5.90. The molecule has 116 valence electrons. The fourth-order valence-corrected chi connectivity index (χ4v) is 4.84. The van der Waals surface area contributed by atoms with Crippen LogP contribution >= 0.6 is 11.3 Å². The molecule has 5 nitrogen and oxygen atoms in total. The summed E-state index contributed by atoms with van der Waals surface area (Å²) in [6.07, 6.45) is 4.07.